The number of hydrogen-bond donors (Lipinski definition) is 1. The Labute approximate surface area is 157 Å². The van der Waals surface area contributed by atoms with Gasteiger partial charge in [-0.3, -0.25) is 19.2 Å². The Morgan fingerprint density at radius 2 is 2.23 bits per heavy atom. The lowest BCUT2D eigenvalue weighted by atomic mass is 10.1. The number of thiazole rings is 1. The number of rotatable bonds is 7. The van der Waals surface area contributed by atoms with Crippen LogP contribution in [-0.2, 0) is 22.6 Å². The molecule has 0 aliphatic carbocycles. The maximum atomic E-state index is 12.2. The van der Waals surface area contributed by atoms with Gasteiger partial charge in [0.2, 0.25) is 11.8 Å². The Balaban J connectivity index is 1.46. The number of carbonyl (C=O) groups excluding carboxylic acids is 2. The van der Waals surface area contributed by atoms with Crippen molar-refractivity contribution in [2.24, 2.45) is 5.92 Å². The molecule has 8 heteroatoms. The zero-order valence-corrected chi connectivity index (χ0v) is 16.3. The molecule has 1 aliphatic rings. The molecule has 0 radical (unpaired) electrons. The molecule has 3 rings (SSSR count). The lowest BCUT2D eigenvalue weighted by Crippen LogP contribution is -2.31. The first-order chi connectivity index (χ1) is 12.4. The van der Waals surface area contributed by atoms with Crippen molar-refractivity contribution in [1.29, 1.82) is 0 Å². The molecule has 0 aromatic carbocycles. The first kappa shape index (κ1) is 18.6. The molecule has 0 bridgehead atoms. The van der Waals surface area contributed by atoms with E-state index in [1.807, 2.05) is 23.9 Å². The number of aryl methyl sites for hydroxylation is 2. The first-order valence-corrected chi connectivity index (χ1v) is 9.83. The summed E-state index contributed by atoms with van der Waals surface area (Å²) in [5, 5.41) is 9.99. The van der Waals surface area contributed by atoms with Gasteiger partial charge in [0.25, 0.3) is 0 Å². The van der Waals surface area contributed by atoms with Crippen molar-refractivity contribution in [2.75, 3.05) is 18.0 Å². The van der Waals surface area contributed by atoms with Crippen molar-refractivity contribution in [2.45, 2.75) is 46.6 Å². The van der Waals surface area contributed by atoms with Crippen LogP contribution < -0.4 is 10.2 Å². The average Bonchev–Trinajstić information content (AvgIpc) is 3.27. The molecule has 0 unspecified atom stereocenters. The topological polar surface area (TPSA) is 80.1 Å². The Hall–Kier alpha value is -2.22. The van der Waals surface area contributed by atoms with Gasteiger partial charge in [0.1, 0.15) is 0 Å². The third-order valence-corrected chi connectivity index (χ3v) is 5.33. The molecule has 0 saturated carbocycles. The minimum Gasteiger partial charge on any atom is -0.355 e. The molecule has 2 aromatic heterocycles. The van der Waals surface area contributed by atoms with Crippen LogP contribution in [0, 0.1) is 19.8 Å². The number of nitrogens with zero attached hydrogens (tertiary/aromatic N) is 4. The average molecular weight is 375 g/mol. The largest absolute Gasteiger partial charge is 0.355 e. The number of aromatic nitrogens is 3. The molecule has 140 valence electrons. The molecule has 2 amide bonds. The lowest BCUT2D eigenvalue weighted by molar-refractivity contribution is -0.120. The van der Waals surface area contributed by atoms with Crippen LogP contribution in [0.25, 0.3) is 0 Å². The summed E-state index contributed by atoms with van der Waals surface area (Å²) in [6.07, 6.45) is 1.70. The summed E-state index contributed by atoms with van der Waals surface area (Å²) in [7, 11) is 0. The normalized spacial score (nSPS) is 15.5. The fourth-order valence-electron chi connectivity index (χ4n) is 3.09. The quantitative estimate of drug-likeness (QED) is 0.803. The number of anilines is 1. The Bertz CT molecular complexity index is 797. The molecule has 2 aromatic rings. The maximum Gasteiger partial charge on any atom is 0.228 e. The van der Waals surface area contributed by atoms with Gasteiger partial charge in [0.15, 0.2) is 5.13 Å². The number of carbonyl (C=O) groups is 2. The van der Waals surface area contributed by atoms with E-state index in [-0.39, 0.29) is 24.2 Å². The molecule has 1 saturated heterocycles. The monoisotopic (exact) mass is 375 g/mol. The van der Waals surface area contributed by atoms with Gasteiger partial charge in [0.05, 0.1) is 17.8 Å². The van der Waals surface area contributed by atoms with Gasteiger partial charge in [-0.2, -0.15) is 5.10 Å². The van der Waals surface area contributed by atoms with Crippen molar-refractivity contribution in [3.63, 3.8) is 0 Å². The third kappa shape index (κ3) is 4.49. The lowest BCUT2D eigenvalue weighted by Gasteiger charge is -2.14. The van der Waals surface area contributed by atoms with Crippen LogP contribution in [0.4, 0.5) is 5.13 Å². The summed E-state index contributed by atoms with van der Waals surface area (Å²) in [6.45, 7) is 8.21. The highest BCUT2D eigenvalue weighted by Crippen LogP contribution is 2.25. The molecule has 26 heavy (non-hydrogen) atoms. The zero-order chi connectivity index (χ0) is 18.7. The first-order valence-electron chi connectivity index (χ1n) is 8.95. The van der Waals surface area contributed by atoms with Crippen LogP contribution in [0.2, 0.25) is 0 Å². The SMILES string of the molecule is Cc1cc(C)n(C[C@H](C)CNC(=O)Cc2csc(N3CCCC3=O)n2)n1. The maximum absolute atomic E-state index is 12.2. The molecular weight excluding hydrogens is 350 g/mol. The summed E-state index contributed by atoms with van der Waals surface area (Å²) >= 11 is 1.43. The molecule has 1 fully saturated rings. The summed E-state index contributed by atoms with van der Waals surface area (Å²) in [5.41, 5.74) is 2.86. The summed E-state index contributed by atoms with van der Waals surface area (Å²) in [6, 6.07) is 2.05. The van der Waals surface area contributed by atoms with E-state index in [9.17, 15) is 9.59 Å². The highest BCUT2D eigenvalue weighted by atomic mass is 32.1. The van der Waals surface area contributed by atoms with Crippen LogP contribution >= 0.6 is 11.3 Å². The summed E-state index contributed by atoms with van der Waals surface area (Å²) in [5.74, 6) is 0.355. The van der Waals surface area contributed by atoms with Crippen LogP contribution in [0.15, 0.2) is 11.4 Å². The van der Waals surface area contributed by atoms with E-state index in [0.29, 0.717) is 23.8 Å². The van der Waals surface area contributed by atoms with Crippen LogP contribution in [-0.4, -0.2) is 39.7 Å². The van der Waals surface area contributed by atoms with Gasteiger partial charge in [-0.15, -0.1) is 11.3 Å². The van der Waals surface area contributed by atoms with Gasteiger partial charge in [0, 0.05) is 37.1 Å². The summed E-state index contributed by atoms with van der Waals surface area (Å²) < 4.78 is 1.98. The molecule has 0 spiro atoms. The van der Waals surface area contributed by atoms with E-state index in [2.05, 4.69) is 28.4 Å². The molecule has 1 N–H and O–H groups in total. The van der Waals surface area contributed by atoms with Crippen molar-refractivity contribution >= 4 is 28.3 Å². The van der Waals surface area contributed by atoms with Crippen molar-refractivity contribution in [3.05, 3.63) is 28.5 Å². The minimum atomic E-state index is -0.0465. The van der Waals surface area contributed by atoms with E-state index in [0.717, 1.165) is 30.9 Å². The van der Waals surface area contributed by atoms with E-state index in [1.54, 1.807) is 4.90 Å². The van der Waals surface area contributed by atoms with Crippen molar-refractivity contribution in [3.8, 4) is 0 Å². The van der Waals surface area contributed by atoms with Gasteiger partial charge >= 0.3 is 0 Å². The number of amides is 2. The van der Waals surface area contributed by atoms with Crippen LogP contribution in [0.1, 0.15) is 36.8 Å². The molecule has 1 atom stereocenters. The smallest absolute Gasteiger partial charge is 0.228 e. The van der Waals surface area contributed by atoms with Crippen LogP contribution in [0.5, 0.6) is 0 Å². The van der Waals surface area contributed by atoms with E-state index in [4.69, 9.17) is 0 Å². The number of hydrogen-bond acceptors (Lipinski definition) is 5. The van der Waals surface area contributed by atoms with Crippen molar-refractivity contribution in [1.82, 2.24) is 20.1 Å². The fraction of sp³-hybridized carbons (Fsp3) is 0.556. The second-order valence-electron chi connectivity index (χ2n) is 6.97. The predicted molar refractivity (Wildman–Crippen MR) is 101 cm³/mol. The Kier molecular flexibility index (Phi) is 5.70. The Morgan fingerprint density at radius 3 is 2.88 bits per heavy atom. The van der Waals surface area contributed by atoms with E-state index in [1.165, 1.54) is 11.3 Å². The van der Waals surface area contributed by atoms with E-state index < -0.39 is 0 Å². The number of nitrogens with one attached hydrogen (secondary N) is 1. The predicted octanol–water partition coefficient (Wildman–Crippen LogP) is 2.08. The minimum absolute atomic E-state index is 0.0465. The molecule has 7 nitrogen and oxygen atoms in total. The second kappa shape index (κ2) is 7.99. The standard InChI is InChI=1S/C18H25N5O2S/c1-12(10-23-14(3)7-13(2)21-23)9-19-16(24)8-15-11-26-18(20-15)22-6-4-5-17(22)25/h7,11-12H,4-6,8-10H2,1-3H3,(H,19,24)/t12-/m1/s1. The van der Waals surface area contributed by atoms with Gasteiger partial charge in [-0.05, 0) is 32.3 Å². The highest BCUT2D eigenvalue weighted by Gasteiger charge is 2.24. The molecular formula is C18H25N5O2S. The van der Waals surface area contributed by atoms with Gasteiger partial charge in [-0.1, -0.05) is 6.92 Å². The van der Waals surface area contributed by atoms with E-state index >= 15 is 0 Å². The fourth-order valence-corrected chi connectivity index (χ4v) is 3.95. The third-order valence-electron chi connectivity index (χ3n) is 4.42. The van der Waals surface area contributed by atoms with Gasteiger partial charge in [-0.25, -0.2) is 4.98 Å². The summed E-state index contributed by atoms with van der Waals surface area (Å²) in [4.78, 5) is 30.1. The molecule has 3 heterocycles. The molecule has 1 aliphatic heterocycles. The van der Waals surface area contributed by atoms with Gasteiger partial charge < -0.3 is 5.32 Å². The highest BCUT2D eigenvalue weighted by molar-refractivity contribution is 7.14. The van der Waals surface area contributed by atoms with Crippen LogP contribution in [0.3, 0.4) is 0 Å². The second-order valence-corrected chi connectivity index (χ2v) is 7.80. The Morgan fingerprint density at radius 1 is 1.42 bits per heavy atom. The zero-order valence-electron chi connectivity index (χ0n) is 15.5. The van der Waals surface area contributed by atoms with Crippen molar-refractivity contribution < 1.29 is 9.59 Å².